The number of fused-ring (bicyclic) bond motifs is 24. The van der Waals surface area contributed by atoms with Gasteiger partial charge in [-0.05, 0) is 123 Å². The Morgan fingerprint density at radius 1 is 0.293 bits per heavy atom. The summed E-state index contributed by atoms with van der Waals surface area (Å²) in [5, 5.41) is 20.8. The van der Waals surface area contributed by atoms with E-state index in [9.17, 15) is 0 Å². The van der Waals surface area contributed by atoms with Gasteiger partial charge in [0.2, 0.25) is 0 Å². The lowest BCUT2D eigenvalue weighted by Crippen LogP contribution is -2.59. The smallest absolute Gasteiger partial charge is 0.252 e. The average Bonchev–Trinajstić information content (AvgIpc) is 4.12. The fourth-order valence-electron chi connectivity index (χ4n) is 14.7. The molecular weight excluding hydrogens is 904 g/mol. The fraction of sp³-hybridized carbons (Fsp3) is 0.0833. The van der Waals surface area contributed by atoms with Crippen molar-refractivity contribution in [3.05, 3.63) is 247 Å². The maximum Gasteiger partial charge on any atom is 0.252 e. The SMILES string of the molecule is CC(C)(c1ccccc1)c1ccc2c(c1)c1cc(C(C)(C)c3ccccc3)cc3c1n2-c1c2c(cc4c5ccccc5c5ccccc5c14)-n1c4ccc5c6ccccc6c6ccccc6c5c4c4cccc(c41)B23. The lowest BCUT2D eigenvalue weighted by atomic mass is 9.34. The standard InChI is InChI=1S/C72H49BN2/c1-71(2,42-20-7-5-8-21-42)44-34-36-61-56(38-44)58-39-45(72(3,4)43-22-9-6-10-23-43)40-60-69(58)75(61)70-65-53-31-18-16-27-49(53)47-25-12-14-29-51(47)57(65)41-63-67(70)73(60)59-33-19-32-55-66-62(74(63)68(55)59)37-35-54-50-28-13-11-24-46(50)48-26-15-17-30-52(48)64(54)66/h5-41H,1-4H3. The van der Waals surface area contributed by atoms with Crippen molar-refractivity contribution in [2.75, 3.05) is 0 Å². The zero-order chi connectivity index (χ0) is 49.6. The molecule has 0 saturated heterocycles. The average molecular weight is 953 g/mol. The summed E-state index contributed by atoms with van der Waals surface area (Å²) in [4.78, 5) is 0. The molecule has 350 valence electrons. The Balaban J connectivity index is 1.11. The maximum atomic E-state index is 2.73. The summed E-state index contributed by atoms with van der Waals surface area (Å²) in [6, 6.07) is 85.9. The maximum absolute atomic E-state index is 2.73. The first kappa shape index (κ1) is 41.5. The Bertz CT molecular complexity index is 5020. The van der Waals surface area contributed by atoms with E-state index in [2.05, 4.69) is 261 Å². The minimum atomic E-state index is -0.290. The highest BCUT2D eigenvalue weighted by Crippen LogP contribution is 2.49. The Morgan fingerprint density at radius 3 is 1.40 bits per heavy atom. The van der Waals surface area contributed by atoms with Gasteiger partial charge in [-0.15, -0.1) is 0 Å². The predicted octanol–water partition coefficient (Wildman–Crippen LogP) is 16.6. The first-order valence-electron chi connectivity index (χ1n) is 26.7. The van der Waals surface area contributed by atoms with Gasteiger partial charge >= 0.3 is 0 Å². The van der Waals surface area contributed by atoms with Crippen molar-refractivity contribution in [1.82, 2.24) is 9.13 Å². The number of benzene rings is 13. The van der Waals surface area contributed by atoms with Crippen LogP contribution in [0.4, 0.5) is 0 Å². The Kier molecular flexibility index (Phi) is 8.00. The molecule has 13 aromatic carbocycles. The summed E-state index contributed by atoms with van der Waals surface area (Å²) in [5.41, 5.74) is 16.5. The van der Waals surface area contributed by atoms with E-state index in [1.54, 1.807) is 0 Å². The number of aromatic nitrogens is 2. The minimum Gasteiger partial charge on any atom is -0.310 e. The second kappa shape index (κ2) is 14.4. The summed E-state index contributed by atoms with van der Waals surface area (Å²) in [7, 11) is 0. The molecule has 2 aromatic heterocycles. The van der Waals surface area contributed by atoms with Crippen LogP contribution in [0.5, 0.6) is 0 Å². The molecule has 3 heteroatoms. The topological polar surface area (TPSA) is 9.86 Å². The molecule has 75 heavy (non-hydrogen) atoms. The van der Waals surface area contributed by atoms with Gasteiger partial charge in [0.1, 0.15) is 0 Å². The highest BCUT2D eigenvalue weighted by atomic mass is 15.0. The first-order valence-corrected chi connectivity index (χ1v) is 26.7. The Labute approximate surface area is 434 Å². The van der Waals surface area contributed by atoms with Gasteiger partial charge in [0.25, 0.3) is 6.71 Å². The second-order valence-electron chi connectivity index (χ2n) is 22.7. The summed E-state index contributed by atoms with van der Waals surface area (Å²) >= 11 is 0. The van der Waals surface area contributed by atoms with Crippen LogP contribution in [-0.4, -0.2) is 15.8 Å². The number of hydrogen-bond acceptors (Lipinski definition) is 0. The van der Waals surface area contributed by atoms with Gasteiger partial charge < -0.3 is 9.13 Å². The van der Waals surface area contributed by atoms with Crippen molar-refractivity contribution in [2.24, 2.45) is 0 Å². The third-order valence-corrected chi connectivity index (χ3v) is 18.4. The van der Waals surface area contributed by atoms with Crippen LogP contribution in [0, 0.1) is 0 Å². The van der Waals surface area contributed by atoms with Gasteiger partial charge in [-0.3, -0.25) is 0 Å². The quantitative estimate of drug-likeness (QED) is 0.123. The molecule has 0 fully saturated rings. The highest BCUT2D eigenvalue weighted by molar-refractivity contribution is 7.00. The van der Waals surface area contributed by atoms with Crippen molar-refractivity contribution in [3.8, 4) is 11.4 Å². The molecule has 17 rings (SSSR count). The van der Waals surface area contributed by atoms with Crippen LogP contribution in [-0.2, 0) is 10.8 Å². The molecule has 0 radical (unpaired) electrons. The van der Waals surface area contributed by atoms with Crippen molar-refractivity contribution in [2.45, 2.75) is 38.5 Å². The number of rotatable bonds is 4. The molecular formula is C72H49BN2. The molecule has 2 aliphatic rings. The monoisotopic (exact) mass is 952 g/mol. The number of hydrogen-bond donors (Lipinski definition) is 0. The van der Waals surface area contributed by atoms with Gasteiger partial charge in [-0.25, -0.2) is 0 Å². The van der Waals surface area contributed by atoms with Crippen molar-refractivity contribution >= 4 is 131 Å². The third-order valence-electron chi connectivity index (χ3n) is 18.4. The van der Waals surface area contributed by atoms with Crippen LogP contribution in [0.2, 0.25) is 0 Å². The van der Waals surface area contributed by atoms with Crippen LogP contribution in [0.25, 0.3) is 120 Å². The Hall–Kier alpha value is -8.92. The first-order chi connectivity index (χ1) is 36.8. The molecule has 0 atom stereocenters. The van der Waals surface area contributed by atoms with E-state index in [0.29, 0.717) is 0 Å². The number of nitrogens with zero attached hydrogens (tertiary/aromatic N) is 2. The molecule has 2 nitrogen and oxygen atoms in total. The van der Waals surface area contributed by atoms with Gasteiger partial charge in [0.05, 0.1) is 16.7 Å². The van der Waals surface area contributed by atoms with Gasteiger partial charge in [0, 0.05) is 59.9 Å². The van der Waals surface area contributed by atoms with E-state index in [4.69, 9.17) is 0 Å². The normalized spacial score (nSPS) is 13.3. The molecule has 0 saturated carbocycles. The van der Waals surface area contributed by atoms with Crippen LogP contribution < -0.4 is 16.4 Å². The molecule has 2 aliphatic heterocycles. The van der Waals surface area contributed by atoms with Crippen molar-refractivity contribution < 1.29 is 0 Å². The van der Waals surface area contributed by atoms with E-state index in [-0.39, 0.29) is 17.5 Å². The molecule has 4 heterocycles. The summed E-state index contributed by atoms with van der Waals surface area (Å²) in [5.74, 6) is 0. The summed E-state index contributed by atoms with van der Waals surface area (Å²) in [6.07, 6.45) is 0. The Morgan fingerprint density at radius 2 is 0.773 bits per heavy atom. The van der Waals surface area contributed by atoms with E-state index in [1.807, 2.05) is 0 Å². The van der Waals surface area contributed by atoms with Crippen LogP contribution in [0.15, 0.2) is 224 Å². The lowest BCUT2D eigenvalue weighted by Gasteiger charge is -2.36. The fourth-order valence-corrected chi connectivity index (χ4v) is 14.7. The zero-order valence-corrected chi connectivity index (χ0v) is 42.3. The van der Waals surface area contributed by atoms with E-state index in [1.165, 1.54) is 158 Å². The minimum absolute atomic E-state index is 0.0555. The highest BCUT2D eigenvalue weighted by Gasteiger charge is 2.43. The molecule has 15 aromatic rings. The molecule has 0 spiro atoms. The van der Waals surface area contributed by atoms with Crippen molar-refractivity contribution in [3.63, 3.8) is 0 Å². The molecule has 0 unspecified atom stereocenters. The second-order valence-corrected chi connectivity index (χ2v) is 22.7. The van der Waals surface area contributed by atoms with Gasteiger partial charge in [-0.2, -0.15) is 0 Å². The molecule has 0 aliphatic carbocycles. The molecule has 0 bridgehead atoms. The van der Waals surface area contributed by atoms with Gasteiger partial charge in [-0.1, -0.05) is 222 Å². The van der Waals surface area contributed by atoms with Crippen LogP contribution in [0.3, 0.4) is 0 Å². The largest absolute Gasteiger partial charge is 0.310 e. The van der Waals surface area contributed by atoms with E-state index in [0.717, 1.165) is 0 Å². The van der Waals surface area contributed by atoms with Crippen LogP contribution >= 0.6 is 0 Å². The van der Waals surface area contributed by atoms with Crippen LogP contribution in [0.1, 0.15) is 49.9 Å². The molecule has 0 amide bonds. The zero-order valence-electron chi connectivity index (χ0n) is 42.3. The van der Waals surface area contributed by atoms with Gasteiger partial charge in [0.15, 0.2) is 0 Å². The third kappa shape index (κ3) is 5.20. The number of para-hydroxylation sites is 1. The molecule has 0 N–H and O–H groups in total. The summed E-state index contributed by atoms with van der Waals surface area (Å²) < 4.78 is 5.41. The van der Waals surface area contributed by atoms with E-state index < -0.39 is 0 Å². The van der Waals surface area contributed by atoms with E-state index >= 15 is 0 Å². The van der Waals surface area contributed by atoms with Crippen molar-refractivity contribution in [1.29, 1.82) is 0 Å². The lowest BCUT2D eigenvalue weighted by molar-refractivity contribution is 0.641. The summed E-state index contributed by atoms with van der Waals surface area (Å²) in [6.45, 7) is 9.56. The predicted molar refractivity (Wildman–Crippen MR) is 322 cm³/mol.